The van der Waals surface area contributed by atoms with Gasteiger partial charge in [0.25, 0.3) is 0 Å². The van der Waals surface area contributed by atoms with Gasteiger partial charge in [-0.2, -0.15) is 0 Å². The summed E-state index contributed by atoms with van der Waals surface area (Å²) in [6.07, 6.45) is 4.44. The van der Waals surface area contributed by atoms with Crippen LogP contribution >= 0.6 is 56.9 Å². The van der Waals surface area contributed by atoms with Crippen LogP contribution in [0.15, 0.2) is 12.1 Å². The van der Waals surface area contributed by atoms with Gasteiger partial charge >= 0.3 is 0 Å². The van der Waals surface area contributed by atoms with Crippen LogP contribution in [-0.2, 0) is 9.59 Å². The molecule has 6 aromatic rings. The SMILES string of the molecule is Cc1c2nc(Cl)sc2cc2sc(NCC(=O)N3CCCC3)nc12.Cc1c2nc(N)sc2cc2sc(NCC(=O)N3CCCC3)nc12. The minimum atomic E-state index is 0.146. The van der Waals surface area contributed by atoms with Gasteiger partial charge in [-0.1, -0.05) is 45.6 Å². The van der Waals surface area contributed by atoms with E-state index in [0.29, 0.717) is 22.7 Å². The van der Waals surface area contributed by atoms with Crippen molar-refractivity contribution >= 4 is 125 Å². The lowest BCUT2D eigenvalue weighted by atomic mass is 10.2. The van der Waals surface area contributed by atoms with E-state index in [-0.39, 0.29) is 11.8 Å². The van der Waals surface area contributed by atoms with Gasteiger partial charge in [0.05, 0.1) is 54.0 Å². The van der Waals surface area contributed by atoms with Crippen LogP contribution in [0.5, 0.6) is 0 Å². The number of aryl methyl sites for hydroxylation is 2. The standard InChI is InChI=1S/C15H15ClN4OS2.C15H17N5OS2/c2*1-8-12-9(22-14(16)18-12)6-10-13(8)19-15(23-10)17-7-11(21)20-4-2-3-5-20/h6H,2-5,7H2,1H3,(H,17,19);6H,2-5,7H2,1H3,(H2,16,18)(H,17,19). The molecule has 4 aromatic heterocycles. The van der Waals surface area contributed by atoms with Crippen LogP contribution in [0.25, 0.3) is 40.9 Å². The van der Waals surface area contributed by atoms with E-state index in [1.165, 1.54) is 22.7 Å². The molecular weight excluding hydrogens is 682 g/mol. The van der Waals surface area contributed by atoms with Crippen LogP contribution in [0.2, 0.25) is 4.47 Å². The van der Waals surface area contributed by atoms with Gasteiger partial charge < -0.3 is 26.2 Å². The Hall–Kier alpha value is -3.37. The highest BCUT2D eigenvalue weighted by molar-refractivity contribution is 7.25. The number of hydrogen-bond acceptors (Lipinski definition) is 13. The zero-order chi connectivity index (χ0) is 31.9. The van der Waals surface area contributed by atoms with Gasteiger partial charge in [0.2, 0.25) is 11.8 Å². The summed E-state index contributed by atoms with van der Waals surface area (Å²) in [4.78, 5) is 46.0. The molecule has 2 aliphatic heterocycles. The minimum Gasteiger partial charge on any atom is -0.375 e. The van der Waals surface area contributed by atoms with Crippen molar-refractivity contribution in [2.24, 2.45) is 0 Å². The predicted octanol–water partition coefficient (Wildman–Crippen LogP) is 6.73. The fourth-order valence-electron chi connectivity index (χ4n) is 5.86. The molecular formula is C30H32ClN9O2S4. The number of anilines is 3. The van der Waals surface area contributed by atoms with Crippen LogP contribution in [0, 0.1) is 13.8 Å². The first-order chi connectivity index (χ1) is 22.2. The van der Waals surface area contributed by atoms with Crippen molar-refractivity contribution in [2.75, 3.05) is 55.6 Å². The Labute approximate surface area is 285 Å². The number of aromatic nitrogens is 4. The highest BCUT2D eigenvalue weighted by Gasteiger charge is 2.20. The summed E-state index contributed by atoms with van der Waals surface area (Å²) in [7, 11) is 0. The number of hydrogen-bond donors (Lipinski definition) is 3. The fourth-order valence-corrected chi connectivity index (χ4v) is 9.89. The lowest BCUT2D eigenvalue weighted by Crippen LogP contribution is -2.32. The van der Waals surface area contributed by atoms with E-state index in [0.717, 1.165) is 114 Å². The largest absolute Gasteiger partial charge is 0.375 e. The molecule has 11 nitrogen and oxygen atoms in total. The molecule has 2 aliphatic rings. The summed E-state index contributed by atoms with van der Waals surface area (Å²) in [5.41, 5.74) is 11.6. The highest BCUT2D eigenvalue weighted by atomic mass is 35.5. The molecule has 0 bridgehead atoms. The Kier molecular flexibility index (Phi) is 8.85. The summed E-state index contributed by atoms with van der Waals surface area (Å²) in [5.74, 6) is 0.293. The lowest BCUT2D eigenvalue weighted by molar-refractivity contribution is -0.129. The van der Waals surface area contributed by atoms with Crippen molar-refractivity contribution in [3.05, 3.63) is 27.7 Å². The van der Waals surface area contributed by atoms with Crippen LogP contribution in [-0.4, -0.2) is 80.8 Å². The maximum atomic E-state index is 12.1. The van der Waals surface area contributed by atoms with Crippen LogP contribution < -0.4 is 16.4 Å². The fraction of sp³-hybridized carbons (Fsp3) is 0.400. The molecule has 2 saturated heterocycles. The minimum absolute atomic E-state index is 0.146. The molecule has 2 fully saturated rings. The summed E-state index contributed by atoms with van der Waals surface area (Å²) in [6, 6.07) is 4.16. The quantitative estimate of drug-likeness (QED) is 0.171. The number of carbonyl (C=O) groups excluding carboxylic acids is 2. The first kappa shape index (κ1) is 31.2. The molecule has 46 heavy (non-hydrogen) atoms. The third kappa shape index (κ3) is 6.30. The molecule has 2 aromatic carbocycles. The van der Waals surface area contributed by atoms with E-state index in [2.05, 4.69) is 42.7 Å². The number of amides is 2. The zero-order valence-electron chi connectivity index (χ0n) is 25.3. The topological polar surface area (TPSA) is 142 Å². The van der Waals surface area contributed by atoms with Crippen molar-refractivity contribution < 1.29 is 9.59 Å². The van der Waals surface area contributed by atoms with E-state index in [1.54, 1.807) is 22.7 Å². The maximum Gasteiger partial charge on any atom is 0.241 e. The number of benzene rings is 2. The van der Waals surface area contributed by atoms with Crippen molar-refractivity contribution in [3.63, 3.8) is 0 Å². The number of rotatable bonds is 6. The van der Waals surface area contributed by atoms with E-state index >= 15 is 0 Å². The molecule has 0 unspecified atom stereocenters. The summed E-state index contributed by atoms with van der Waals surface area (Å²) < 4.78 is 4.88. The molecule has 6 heterocycles. The van der Waals surface area contributed by atoms with Crippen LogP contribution in [0.4, 0.5) is 15.4 Å². The number of nitrogens with one attached hydrogen (secondary N) is 2. The molecule has 2 amide bonds. The molecule has 4 N–H and O–H groups in total. The van der Waals surface area contributed by atoms with Crippen LogP contribution in [0.3, 0.4) is 0 Å². The van der Waals surface area contributed by atoms with Crippen molar-refractivity contribution in [3.8, 4) is 0 Å². The van der Waals surface area contributed by atoms with Gasteiger partial charge in [-0.25, -0.2) is 19.9 Å². The molecule has 240 valence electrons. The number of carbonyl (C=O) groups is 2. The maximum absolute atomic E-state index is 12.1. The summed E-state index contributed by atoms with van der Waals surface area (Å²) >= 11 is 12.1. The monoisotopic (exact) mass is 713 g/mol. The first-order valence-electron chi connectivity index (χ1n) is 15.1. The van der Waals surface area contributed by atoms with Gasteiger partial charge in [0, 0.05) is 37.3 Å². The van der Waals surface area contributed by atoms with E-state index in [1.807, 2.05) is 23.6 Å². The first-order valence-corrected chi connectivity index (χ1v) is 18.7. The Morgan fingerprint density at radius 3 is 1.61 bits per heavy atom. The Bertz CT molecular complexity index is 1940. The number of nitrogens with zero attached hydrogens (tertiary/aromatic N) is 6. The number of thiazole rings is 4. The number of nitrogen functional groups attached to an aromatic ring is 1. The summed E-state index contributed by atoms with van der Waals surface area (Å²) in [6.45, 7) is 8.15. The Morgan fingerprint density at radius 2 is 1.11 bits per heavy atom. The number of fused-ring (bicyclic) bond motifs is 4. The molecule has 16 heteroatoms. The third-order valence-corrected chi connectivity index (χ3v) is 12.1. The second kappa shape index (κ2) is 13.0. The average Bonchev–Trinajstić information content (AvgIpc) is 3.87. The Balaban J connectivity index is 0.000000147. The zero-order valence-corrected chi connectivity index (χ0v) is 29.3. The number of nitrogens with two attached hydrogens (primary N) is 1. The van der Waals surface area contributed by atoms with Crippen molar-refractivity contribution in [2.45, 2.75) is 39.5 Å². The van der Waals surface area contributed by atoms with E-state index < -0.39 is 0 Å². The van der Waals surface area contributed by atoms with Crippen molar-refractivity contribution in [1.29, 1.82) is 0 Å². The van der Waals surface area contributed by atoms with Crippen molar-refractivity contribution in [1.82, 2.24) is 29.7 Å². The highest BCUT2D eigenvalue weighted by Crippen LogP contribution is 2.37. The number of halogens is 1. The second-order valence-corrected chi connectivity index (χ2v) is 16.1. The average molecular weight is 714 g/mol. The second-order valence-electron chi connectivity index (χ2n) is 11.3. The molecule has 0 saturated carbocycles. The predicted molar refractivity (Wildman–Crippen MR) is 193 cm³/mol. The molecule has 0 atom stereocenters. The lowest BCUT2D eigenvalue weighted by Gasteiger charge is -2.14. The van der Waals surface area contributed by atoms with Gasteiger partial charge in [-0.3, -0.25) is 9.59 Å². The molecule has 0 radical (unpaired) electrons. The van der Waals surface area contributed by atoms with E-state index in [9.17, 15) is 9.59 Å². The molecule has 8 rings (SSSR count). The van der Waals surface area contributed by atoms with Gasteiger partial charge in [0.15, 0.2) is 19.9 Å². The van der Waals surface area contributed by atoms with E-state index in [4.69, 9.17) is 17.3 Å². The Morgan fingerprint density at radius 1 is 0.696 bits per heavy atom. The summed E-state index contributed by atoms with van der Waals surface area (Å²) in [5, 5.41) is 8.47. The smallest absolute Gasteiger partial charge is 0.241 e. The van der Waals surface area contributed by atoms with Gasteiger partial charge in [-0.15, -0.1) is 11.3 Å². The van der Waals surface area contributed by atoms with Gasteiger partial charge in [0.1, 0.15) is 0 Å². The number of likely N-dealkylation sites (tertiary alicyclic amines) is 2. The molecule has 0 spiro atoms. The molecule has 0 aliphatic carbocycles. The normalized spacial score (nSPS) is 14.9. The third-order valence-electron chi connectivity index (χ3n) is 8.25. The van der Waals surface area contributed by atoms with Gasteiger partial charge in [-0.05, 0) is 51.7 Å². The van der Waals surface area contributed by atoms with Crippen LogP contribution in [0.1, 0.15) is 36.8 Å².